The summed E-state index contributed by atoms with van der Waals surface area (Å²) in [6, 6.07) is 7.65. The van der Waals surface area contributed by atoms with Crippen LogP contribution in [0.3, 0.4) is 0 Å². The van der Waals surface area contributed by atoms with Crippen LogP contribution in [0.2, 0.25) is 5.02 Å². The summed E-state index contributed by atoms with van der Waals surface area (Å²) in [5.74, 6) is 0.160. The van der Waals surface area contributed by atoms with Gasteiger partial charge in [0.15, 0.2) is 0 Å². The summed E-state index contributed by atoms with van der Waals surface area (Å²) in [6.45, 7) is 2.47. The van der Waals surface area contributed by atoms with Crippen LogP contribution in [0.25, 0.3) is 0 Å². The highest BCUT2D eigenvalue weighted by Crippen LogP contribution is 2.46. The lowest BCUT2D eigenvalue weighted by molar-refractivity contribution is -0.137. The van der Waals surface area contributed by atoms with E-state index in [1.54, 1.807) is 4.90 Å². The predicted molar refractivity (Wildman–Crippen MR) is 73.4 cm³/mol. The van der Waals surface area contributed by atoms with Crippen molar-refractivity contribution in [2.75, 3.05) is 13.6 Å². The molecule has 1 aromatic rings. The maximum atomic E-state index is 12.4. The van der Waals surface area contributed by atoms with Gasteiger partial charge >= 0.3 is 0 Å². The highest BCUT2D eigenvalue weighted by atomic mass is 35.5. The predicted octanol–water partition coefficient (Wildman–Crippen LogP) is 2.60. The van der Waals surface area contributed by atoms with Crippen molar-refractivity contribution >= 4 is 17.5 Å². The zero-order chi connectivity index (χ0) is 13.3. The van der Waals surface area contributed by atoms with Gasteiger partial charge in [-0.1, -0.05) is 23.7 Å². The Kier molecular flexibility index (Phi) is 3.64. The number of halogens is 1. The molecule has 3 nitrogen and oxygen atoms in total. The van der Waals surface area contributed by atoms with E-state index < -0.39 is 0 Å². The van der Waals surface area contributed by atoms with Crippen molar-refractivity contribution in [3.8, 4) is 0 Å². The van der Waals surface area contributed by atoms with E-state index in [2.05, 4.69) is 0 Å². The van der Waals surface area contributed by atoms with Crippen molar-refractivity contribution in [1.82, 2.24) is 4.90 Å². The van der Waals surface area contributed by atoms with Crippen molar-refractivity contribution in [3.63, 3.8) is 0 Å². The Balaban J connectivity index is 2.11. The molecular weight excluding hydrogens is 248 g/mol. The second-order valence-corrected chi connectivity index (χ2v) is 5.56. The molecule has 1 fully saturated rings. The number of carbonyl (C=O) groups excluding carboxylic acids is 1. The van der Waals surface area contributed by atoms with Crippen LogP contribution in [-0.2, 0) is 4.79 Å². The van der Waals surface area contributed by atoms with E-state index in [1.807, 2.05) is 38.2 Å². The summed E-state index contributed by atoms with van der Waals surface area (Å²) in [5, 5.41) is 0.709. The topological polar surface area (TPSA) is 46.3 Å². The lowest BCUT2D eigenvalue weighted by Gasteiger charge is -2.29. The van der Waals surface area contributed by atoms with Crippen LogP contribution in [0.5, 0.6) is 0 Å². The molecule has 2 rings (SSSR count). The molecule has 1 amide bonds. The van der Waals surface area contributed by atoms with Gasteiger partial charge in [0, 0.05) is 18.6 Å². The van der Waals surface area contributed by atoms with Gasteiger partial charge in [0.05, 0.1) is 11.5 Å². The van der Waals surface area contributed by atoms with E-state index in [0.717, 1.165) is 18.4 Å². The summed E-state index contributed by atoms with van der Waals surface area (Å²) >= 11 is 5.87. The molecule has 1 saturated carbocycles. The normalized spacial score (nSPS) is 18.2. The van der Waals surface area contributed by atoms with Gasteiger partial charge in [0.25, 0.3) is 0 Å². The maximum absolute atomic E-state index is 12.4. The van der Waals surface area contributed by atoms with Gasteiger partial charge in [-0.05, 0) is 37.5 Å². The molecular formula is C14H19ClN2O. The number of nitrogens with two attached hydrogens (primary N) is 1. The average Bonchev–Trinajstić information content (AvgIpc) is 3.18. The minimum Gasteiger partial charge on any atom is -0.338 e. The Morgan fingerprint density at radius 1 is 1.44 bits per heavy atom. The minimum absolute atomic E-state index is 0.0405. The first-order chi connectivity index (χ1) is 8.50. The highest BCUT2D eigenvalue weighted by Gasteiger charge is 2.50. The molecule has 1 aliphatic carbocycles. The molecule has 0 saturated heterocycles. The number of benzene rings is 1. The van der Waals surface area contributed by atoms with Crippen LogP contribution in [0, 0.1) is 5.41 Å². The number of hydrogen-bond acceptors (Lipinski definition) is 2. The summed E-state index contributed by atoms with van der Waals surface area (Å²) in [4.78, 5) is 14.2. The molecule has 0 aliphatic heterocycles. The standard InChI is InChI=1S/C14H19ClN2O/c1-10(11-3-5-12(15)6-4-11)17(2)13(18)14(9-16)7-8-14/h3-6,10H,7-9,16H2,1-2H3. The summed E-state index contributed by atoms with van der Waals surface area (Å²) < 4.78 is 0. The number of hydrogen-bond donors (Lipinski definition) is 1. The molecule has 1 aromatic carbocycles. The fraction of sp³-hybridized carbons (Fsp3) is 0.500. The molecule has 1 unspecified atom stereocenters. The third-order valence-corrected chi connectivity index (χ3v) is 4.20. The van der Waals surface area contributed by atoms with Crippen molar-refractivity contribution in [3.05, 3.63) is 34.9 Å². The molecule has 0 aromatic heterocycles. The van der Waals surface area contributed by atoms with Gasteiger partial charge < -0.3 is 10.6 Å². The van der Waals surface area contributed by atoms with Gasteiger partial charge in [-0.3, -0.25) is 4.79 Å². The van der Waals surface area contributed by atoms with Crippen molar-refractivity contribution < 1.29 is 4.79 Å². The van der Waals surface area contributed by atoms with Crippen LogP contribution in [0.15, 0.2) is 24.3 Å². The van der Waals surface area contributed by atoms with E-state index in [1.165, 1.54) is 0 Å². The summed E-state index contributed by atoms with van der Waals surface area (Å²) in [6.07, 6.45) is 1.83. The first-order valence-electron chi connectivity index (χ1n) is 6.23. The fourth-order valence-corrected chi connectivity index (χ4v) is 2.30. The Hall–Kier alpha value is -1.06. The molecule has 18 heavy (non-hydrogen) atoms. The van der Waals surface area contributed by atoms with Gasteiger partial charge in [0.1, 0.15) is 0 Å². The monoisotopic (exact) mass is 266 g/mol. The Morgan fingerprint density at radius 2 is 2.00 bits per heavy atom. The molecule has 1 atom stereocenters. The molecule has 0 radical (unpaired) electrons. The lowest BCUT2D eigenvalue weighted by atomic mass is 10.0. The van der Waals surface area contributed by atoms with E-state index >= 15 is 0 Å². The van der Waals surface area contributed by atoms with Crippen LogP contribution >= 0.6 is 11.6 Å². The third-order valence-electron chi connectivity index (χ3n) is 3.95. The molecule has 0 bridgehead atoms. The molecule has 98 valence electrons. The van der Waals surface area contributed by atoms with Crippen LogP contribution in [0.1, 0.15) is 31.4 Å². The minimum atomic E-state index is -0.282. The second kappa shape index (κ2) is 4.90. The summed E-state index contributed by atoms with van der Waals surface area (Å²) in [7, 11) is 1.84. The zero-order valence-electron chi connectivity index (χ0n) is 10.8. The number of carbonyl (C=O) groups is 1. The Morgan fingerprint density at radius 3 is 2.44 bits per heavy atom. The second-order valence-electron chi connectivity index (χ2n) is 5.13. The Labute approximate surface area is 113 Å². The quantitative estimate of drug-likeness (QED) is 0.911. The highest BCUT2D eigenvalue weighted by molar-refractivity contribution is 6.30. The van der Waals surface area contributed by atoms with Gasteiger partial charge in [-0.15, -0.1) is 0 Å². The van der Waals surface area contributed by atoms with Crippen molar-refractivity contribution in [2.45, 2.75) is 25.8 Å². The molecule has 1 aliphatic rings. The maximum Gasteiger partial charge on any atom is 0.230 e. The van der Waals surface area contributed by atoms with E-state index in [0.29, 0.717) is 11.6 Å². The van der Waals surface area contributed by atoms with Gasteiger partial charge in [-0.25, -0.2) is 0 Å². The fourth-order valence-electron chi connectivity index (χ4n) is 2.17. The van der Waals surface area contributed by atoms with Gasteiger partial charge in [0.2, 0.25) is 5.91 Å². The summed E-state index contributed by atoms with van der Waals surface area (Å²) in [5.41, 5.74) is 6.51. The third kappa shape index (κ3) is 2.38. The van der Waals surface area contributed by atoms with Gasteiger partial charge in [-0.2, -0.15) is 0 Å². The van der Waals surface area contributed by atoms with E-state index in [-0.39, 0.29) is 17.4 Å². The number of amides is 1. The van der Waals surface area contributed by atoms with E-state index in [4.69, 9.17) is 17.3 Å². The molecule has 0 spiro atoms. The molecule has 4 heteroatoms. The largest absolute Gasteiger partial charge is 0.338 e. The smallest absolute Gasteiger partial charge is 0.230 e. The van der Waals surface area contributed by atoms with Crippen molar-refractivity contribution in [1.29, 1.82) is 0 Å². The first-order valence-corrected chi connectivity index (χ1v) is 6.61. The zero-order valence-corrected chi connectivity index (χ0v) is 11.6. The van der Waals surface area contributed by atoms with Crippen LogP contribution in [-0.4, -0.2) is 24.4 Å². The average molecular weight is 267 g/mol. The van der Waals surface area contributed by atoms with Crippen molar-refractivity contribution in [2.24, 2.45) is 11.1 Å². The van der Waals surface area contributed by atoms with E-state index in [9.17, 15) is 4.79 Å². The number of nitrogens with zero attached hydrogens (tertiary/aromatic N) is 1. The first kappa shape index (κ1) is 13.4. The van der Waals surface area contributed by atoms with Crippen LogP contribution in [0.4, 0.5) is 0 Å². The SMILES string of the molecule is CC(c1ccc(Cl)cc1)N(C)C(=O)C1(CN)CC1. The lowest BCUT2D eigenvalue weighted by Crippen LogP contribution is -2.39. The van der Waals surface area contributed by atoms with Crippen LogP contribution < -0.4 is 5.73 Å². The Bertz CT molecular complexity index is 440. The number of rotatable bonds is 4. The molecule has 2 N–H and O–H groups in total. The molecule has 0 heterocycles.